The van der Waals surface area contributed by atoms with Crippen LogP contribution in [0.1, 0.15) is 23.1 Å². The number of hydrogen-bond donors (Lipinski definition) is 2. The quantitative estimate of drug-likeness (QED) is 0.890. The third-order valence-electron chi connectivity index (χ3n) is 2.96. The average molecular weight is 263 g/mol. The van der Waals surface area contributed by atoms with Crippen molar-refractivity contribution < 1.29 is 5.11 Å². The number of aliphatic hydroxyl groups excluding tert-OH is 1. The van der Waals surface area contributed by atoms with Gasteiger partial charge in [0, 0.05) is 29.9 Å². The fraction of sp³-hybridized carbons (Fsp3) is 0.214. The molecule has 1 aromatic carbocycles. The van der Waals surface area contributed by atoms with Crippen molar-refractivity contribution in [3.63, 3.8) is 0 Å². The van der Waals surface area contributed by atoms with E-state index in [9.17, 15) is 5.11 Å². The fourth-order valence-corrected chi connectivity index (χ4v) is 2.18. The van der Waals surface area contributed by atoms with Crippen molar-refractivity contribution in [2.75, 3.05) is 6.54 Å². The van der Waals surface area contributed by atoms with Gasteiger partial charge >= 0.3 is 0 Å². The Hall–Kier alpha value is -1.42. The van der Waals surface area contributed by atoms with Gasteiger partial charge in [0.25, 0.3) is 0 Å². The van der Waals surface area contributed by atoms with E-state index in [0.29, 0.717) is 11.6 Å². The number of nitrogens with two attached hydrogens (primary N) is 1. The number of rotatable bonds is 4. The summed E-state index contributed by atoms with van der Waals surface area (Å²) in [4.78, 5) is 3.96. The summed E-state index contributed by atoms with van der Waals surface area (Å²) in [7, 11) is 0. The molecule has 0 aliphatic heterocycles. The van der Waals surface area contributed by atoms with Crippen LogP contribution in [0.15, 0.2) is 48.8 Å². The van der Waals surface area contributed by atoms with E-state index < -0.39 is 6.10 Å². The zero-order valence-corrected chi connectivity index (χ0v) is 10.6. The van der Waals surface area contributed by atoms with Crippen molar-refractivity contribution >= 4 is 11.6 Å². The molecule has 0 aliphatic rings. The highest BCUT2D eigenvalue weighted by atomic mass is 35.5. The summed E-state index contributed by atoms with van der Waals surface area (Å²) < 4.78 is 0. The predicted octanol–water partition coefficient (Wildman–Crippen LogP) is 2.51. The number of benzene rings is 1. The average Bonchev–Trinajstić information content (AvgIpc) is 2.41. The Morgan fingerprint density at radius 3 is 2.50 bits per heavy atom. The molecule has 0 spiro atoms. The van der Waals surface area contributed by atoms with E-state index >= 15 is 0 Å². The lowest BCUT2D eigenvalue weighted by molar-refractivity contribution is 0.147. The van der Waals surface area contributed by atoms with E-state index in [1.54, 1.807) is 24.5 Å². The SMILES string of the molecule is NCC(c1ccncc1)C(O)c1cccc(Cl)c1. The summed E-state index contributed by atoms with van der Waals surface area (Å²) in [6.45, 7) is 0.359. The first-order chi connectivity index (χ1) is 8.72. The van der Waals surface area contributed by atoms with Crippen molar-refractivity contribution in [1.82, 2.24) is 4.98 Å². The second kappa shape index (κ2) is 5.96. The van der Waals surface area contributed by atoms with Gasteiger partial charge in [0.15, 0.2) is 0 Å². The van der Waals surface area contributed by atoms with Crippen LogP contribution >= 0.6 is 11.6 Å². The van der Waals surface area contributed by atoms with Gasteiger partial charge in [-0.3, -0.25) is 4.98 Å². The van der Waals surface area contributed by atoms with Gasteiger partial charge in [0.2, 0.25) is 0 Å². The predicted molar refractivity (Wildman–Crippen MR) is 72.4 cm³/mol. The normalized spacial score (nSPS) is 14.2. The molecule has 0 radical (unpaired) electrons. The first kappa shape index (κ1) is 13.0. The van der Waals surface area contributed by atoms with Crippen LogP contribution < -0.4 is 5.73 Å². The Bertz CT molecular complexity index is 504. The largest absolute Gasteiger partial charge is 0.388 e. The van der Waals surface area contributed by atoms with Crippen LogP contribution in [-0.4, -0.2) is 16.6 Å². The zero-order valence-electron chi connectivity index (χ0n) is 9.83. The molecule has 2 unspecified atom stereocenters. The van der Waals surface area contributed by atoms with Crippen LogP contribution in [0.4, 0.5) is 0 Å². The molecule has 0 saturated heterocycles. The molecular weight excluding hydrogens is 248 g/mol. The molecule has 1 heterocycles. The van der Waals surface area contributed by atoms with Crippen LogP contribution in [0.3, 0.4) is 0 Å². The number of pyridine rings is 1. The van der Waals surface area contributed by atoms with Gasteiger partial charge in [-0.25, -0.2) is 0 Å². The number of aromatic nitrogens is 1. The first-order valence-electron chi connectivity index (χ1n) is 5.76. The summed E-state index contributed by atoms with van der Waals surface area (Å²) >= 11 is 5.93. The number of nitrogens with zero attached hydrogens (tertiary/aromatic N) is 1. The first-order valence-corrected chi connectivity index (χ1v) is 6.13. The fourth-order valence-electron chi connectivity index (χ4n) is 1.98. The third kappa shape index (κ3) is 2.88. The molecule has 94 valence electrons. The van der Waals surface area contributed by atoms with Gasteiger partial charge in [-0.15, -0.1) is 0 Å². The molecule has 2 rings (SSSR count). The minimum atomic E-state index is -0.670. The van der Waals surface area contributed by atoms with Gasteiger partial charge in [-0.2, -0.15) is 0 Å². The highest BCUT2D eigenvalue weighted by Crippen LogP contribution is 2.30. The Morgan fingerprint density at radius 2 is 1.89 bits per heavy atom. The van der Waals surface area contributed by atoms with Crippen molar-refractivity contribution in [2.24, 2.45) is 5.73 Å². The molecule has 18 heavy (non-hydrogen) atoms. The van der Waals surface area contributed by atoms with Gasteiger partial charge in [0.05, 0.1) is 6.10 Å². The standard InChI is InChI=1S/C14H15ClN2O/c15-12-3-1-2-11(8-12)14(18)13(9-16)10-4-6-17-7-5-10/h1-8,13-14,18H,9,16H2. The van der Waals surface area contributed by atoms with E-state index in [0.717, 1.165) is 11.1 Å². The molecule has 0 aliphatic carbocycles. The van der Waals surface area contributed by atoms with Gasteiger partial charge < -0.3 is 10.8 Å². The van der Waals surface area contributed by atoms with Gasteiger partial charge in [-0.1, -0.05) is 23.7 Å². The monoisotopic (exact) mass is 262 g/mol. The summed E-state index contributed by atoms with van der Waals surface area (Å²) in [5.41, 5.74) is 7.51. The van der Waals surface area contributed by atoms with Crippen LogP contribution in [0.2, 0.25) is 5.02 Å². The lowest BCUT2D eigenvalue weighted by Crippen LogP contribution is -2.20. The molecule has 0 bridgehead atoms. The van der Waals surface area contributed by atoms with E-state index in [1.807, 2.05) is 24.3 Å². The number of halogens is 1. The van der Waals surface area contributed by atoms with Gasteiger partial charge in [0.1, 0.15) is 0 Å². The lowest BCUT2D eigenvalue weighted by Gasteiger charge is -2.22. The van der Waals surface area contributed by atoms with Gasteiger partial charge in [-0.05, 0) is 35.4 Å². The molecule has 4 heteroatoms. The minimum absolute atomic E-state index is 0.161. The molecule has 0 fully saturated rings. The molecular formula is C14H15ClN2O. The summed E-state index contributed by atoms with van der Waals surface area (Å²) in [5.74, 6) is -0.161. The molecule has 0 amide bonds. The van der Waals surface area contributed by atoms with E-state index in [2.05, 4.69) is 4.98 Å². The second-order valence-electron chi connectivity index (χ2n) is 4.12. The highest BCUT2D eigenvalue weighted by molar-refractivity contribution is 6.30. The molecule has 3 nitrogen and oxygen atoms in total. The maximum absolute atomic E-state index is 10.4. The van der Waals surface area contributed by atoms with Crippen LogP contribution in [0.25, 0.3) is 0 Å². The zero-order chi connectivity index (χ0) is 13.0. The van der Waals surface area contributed by atoms with Crippen molar-refractivity contribution in [3.8, 4) is 0 Å². The molecule has 3 N–H and O–H groups in total. The minimum Gasteiger partial charge on any atom is -0.388 e. The Labute approximate surface area is 111 Å². The third-order valence-corrected chi connectivity index (χ3v) is 3.19. The topological polar surface area (TPSA) is 59.1 Å². The van der Waals surface area contributed by atoms with Crippen LogP contribution in [0, 0.1) is 0 Å². The highest BCUT2D eigenvalue weighted by Gasteiger charge is 2.21. The molecule has 0 saturated carbocycles. The second-order valence-corrected chi connectivity index (χ2v) is 4.56. The van der Waals surface area contributed by atoms with E-state index in [4.69, 9.17) is 17.3 Å². The maximum atomic E-state index is 10.4. The summed E-state index contributed by atoms with van der Waals surface area (Å²) in [6, 6.07) is 10.9. The molecule has 1 aromatic heterocycles. The van der Waals surface area contributed by atoms with E-state index in [-0.39, 0.29) is 5.92 Å². The Morgan fingerprint density at radius 1 is 1.17 bits per heavy atom. The van der Waals surface area contributed by atoms with Crippen LogP contribution in [0.5, 0.6) is 0 Å². The maximum Gasteiger partial charge on any atom is 0.0871 e. The number of hydrogen-bond acceptors (Lipinski definition) is 3. The summed E-state index contributed by atoms with van der Waals surface area (Å²) in [6.07, 6.45) is 2.72. The summed E-state index contributed by atoms with van der Waals surface area (Å²) in [5, 5.41) is 11.0. The smallest absolute Gasteiger partial charge is 0.0871 e. The molecule has 2 atom stereocenters. The van der Waals surface area contributed by atoms with Crippen molar-refractivity contribution in [1.29, 1.82) is 0 Å². The number of aliphatic hydroxyl groups is 1. The molecule has 2 aromatic rings. The van der Waals surface area contributed by atoms with Crippen molar-refractivity contribution in [3.05, 3.63) is 64.9 Å². The van der Waals surface area contributed by atoms with Crippen molar-refractivity contribution in [2.45, 2.75) is 12.0 Å². The Balaban J connectivity index is 2.28. The van der Waals surface area contributed by atoms with Crippen LogP contribution in [-0.2, 0) is 0 Å². The van der Waals surface area contributed by atoms with E-state index in [1.165, 1.54) is 0 Å². The Kier molecular flexibility index (Phi) is 4.31. The lowest BCUT2D eigenvalue weighted by atomic mass is 9.90.